The maximum atomic E-state index is 14.2. The fourth-order valence-corrected chi connectivity index (χ4v) is 2.73. The molecule has 2 aromatic heterocycles. The fourth-order valence-electron chi connectivity index (χ4n) is 2.73. The van der Waals surface area contributed by atoms with Crippen LogP contribution in [0.15, 0.2) is 12.1 Å². The Balaban J connectivity index is 0.00000363. The summed E-state index contributed by atoms with van der Waals surface area (Å²) in [7, 11) is 0. The zero-order chi connectivity index (χ0) is 23.4. The maximum Gasteiger partial charge on any atom is 0.422 e. The Morgan fingerprint density at radius 2 is 1.41 bits per heavy atom. The van der Waals surface area contributed by atoms with Crippen molar-refractivity contribution in [2.24, 2.45) is 0 Å². The fraction of sp³-hybridized carbons (Fsp3) is 0.118. The van der Waals surface area contributed by atoms with Gasteiger partial charge in [0.15, 0.2) is 23.3 Å². The standard InChI is InChI=1S/C17H6F9N3O2.Cu/c1-4-8(15(30)5-2-6(18)27-7(19)3-5)16(31)29(28-4)14-12(22)10(20)9(17(24,25)26)11(21)13(14)23;/h2-3,31H,1H3;. The van der Waals surface area contributed by atoms with Crippen molar-refractivity contribution in [1.82, 2.24) is 14.8 Å². The summed E-state index contributed by atoms with van der Waals surface area (Å²) in [5, 5.41) is 13.5. The van der Waals surface area contributed by atoms with E-state index in [-0.39, 0.29) is 21.8 Å². The van der Waals surface area contributed by atoms with E-state index in [0.717, 1.165) is 6.92 Å². The number of aryl methyl sites for hydroxylation is 1. The van der Waals surface area contributed by atoms with Gasteiger partial charge in [-0.05, 0) is 6.92 Å². The predicted octanol–water partition coefficient (Wildman–Crippen LogP) is 4.36. The summed E-state index contributed by atoms with van der Waals surface area (Å²) in [6.07, 6.45) is -5.80. The van der Waals surface area contributed by atoms with E-state index in [1.165, 1.54) is 0 Å². The molecule has 1 aromatic carbocycles. The van der Waals surface area contributed by atoms with Gasteiger partial charge in [0.2, 0.25) is 23.6 Å². The molecule has 0 aliphatic heterocycles. The third kappa shape index (κ3) is 4.05. The number of benzene rings is 1. The summed E-state index contributed by atoms with van der Waals surface area (Å²) >= 11 is 0. The first-order chi connectivity index (χ1) is 14.3. The van der Waals surface area contributed by atoms with Gasteiger partial charge in [0.1, 0.15) is 16.8 Å². The number of pyridine rings is 1. The normalized spacial score (nSPS) is 11.4. The Hall–Kier alpha value is -3.06. The number of carbonyl (C=O) groups excluding carboxylic acids is 1. The van der Waals surface area contributed by atoms with E-state index in [0.29, 0.717) is 12.1 Å². The van der Waals surface area contributed by atoms with Crippen LogP contribution in [0.3, 0.4) is 0 Å². The first-order valence-corrected chi connectivity index (χ1v) is 7.85. The zero-order valence-corrected chi connectivity index (χ0v) is 16.0. The minimum atomic E-state index is -5.80. The molecule has 0 saturated carbocycles. The summed E-state index contributed by atoms with van der Waals surface area (Å²) in [6.45, 7) is 0.962. The average molecular weight is 519 g/mol. The number of nitrogens with zero attached hydrogens (tertiary/aromatic N) is 3. The van der Waals surface area contributed by atoms with E-state index in [2.05, 4.69) is 10.1 Å². The molecule has 15 heteroatoms. The maximum absolute atomic E-state index is 14.2. The molecule has 2 heterocycles. The largest absolute Gasteiger partial charge is 0.493 e. The first kappa shape index (κ1) is 25.2. The summed E-state index contributed by atoms with van der Waals surface area (Å²) in [5.41, 5.74) is -6.92. The molecule has 1 N–H and O–H groups in total. The Morgan fingerprint density at radius 3 is 1.84 bits per heavy atom. The molecule has 0 aliphatic rings. The number of carbonyl (C=O) groups is 1. The van der Waals surface area contributed by atoms with Crippen LogP contribution in [0.2, 0.25) is 0 Å². The predicted molar refractivity (Wildman–Crippen MR) is 82.4 cm³/mol. The monoisotopic (exact) mass is 518 g/mol. The van der Waals surface area contributed by atoms with Crippen molar-refractivity contribution in [3.8, 4) is 11.6 Å². The molecule has 0 fully saturated rings. The van der Waals surface area contributed by atoms with Crippen molar-refractivity contribution in [2.75, 3.05) is 0 Å². The van der Waals surface area contributed by atoms with Gasteiger partial charge in [-0.1, -0.05) is 0 Å². The number of aromatic nitrogens is 3. The second-order valence-electron chi connectivity index (χ2n) is 6.00. The first-order valence-electron chi connectivity index (χ1n) is 7.85. The minimum absolute atomic E-state index is 0. The van der Waals surface area contributed by atoms with Gasteiger partial charge in [-0.15, -0.1) is 0 Å². The van der Waals surface area contributed by atoms with Crippen molar-refractivity contribution in [1.29, 1.82) is 0 Å². The van der Waals surface area contributed by atoms with Crippen molar-refractivity contribution in [3.63, 3.8) is 0 Å². The quantitative estimate of drug-likeness (QED) is 0.184. The van der Waals surface area contributed by atoms with E-state index in [1.807, 2.05) is 0 Å². The molecule has 5 nitrogen and oxygen atoms in total. The van der Waals surface area contributed by atoms with Gasteiger partial charge in [0, 0.05) is 34.8 Å². The van der Waals surface area contributed by atoms with Crippen LogP contribution in [0.25, 0.3) is 5.69 Å². The molecular weight excluding hydrogens is 513 g/mol. The summed E-state index contributed by atoms with van der Waals surface area (Å²) in [5.74, 6) is -16.4. The van der Waals surface area contributed by atoms with Crippen LogP contribution < -0.4 is 0 Å². The van der Waals surface area contributed by atoms with Crippen molar-refractivity contribution in [3.05, 3.63) is 69.7 Å². The van der Waals surface area contributed by atoms with Crippen LogP contribution in [0.5, 0.6) is 5.88 Å². The molecule has 0 atom stereocenters. The minimum Gasteiger partial charge on any atom is -0.493 e. The van der Waals surface area contributed by atoms with Gasteiger partial charge in [-0.2, -0.15) is 36.7 Å². The molecule has 32 heavy (non-hydrogen) atoms. The van der Waals surface area contributed by atoms with Crippen LogP contribution in [0.1, 0.15) is 27.2 Å². The van der Waals surface area contributed by atoms with E-state index < -0.39 is 81.1 Å². The van der Waals surface area contributed by atoms with E-state index >= 15 is 0 Å². The molecule has 3 aromatic rings. The average Bonchev–Trinajstić information content (AvgIpc) is 2.92. The van der Waals surface area contributed by atoms with Crippen molar-refractivity contribution < 1.29 is 66.5 Å². The molecule has 3 rings (SSSR count). The molecule has 0 spiro atoms. The number of halogens is 9. The smallest absolute Gasteiger partial charge is 0.422 e. The number of hydrogen-bond acceptors (Lipinski definition) is 4. The molecule has 0 unspecified atom stereocenters. The SMILES string of the molecule is Cc1nn(-c2c(F)c(F)c(C(F)(F)F)c(F)c2F)c(O)c1C(=O)c1cc(F)nc(F)c1.[Cu]. The molecule has 0 amide bonds. The summed E-state index contributed by atoms with van der Waals surface area (Å²) in [6, 6.07) is 0.889. The van der Waals surface area contributed by atoms with Crippen LogP contribution in [0, 0.1) is 42.1 Å². The van der Waals surface area contributed by atoms with Gasteiger partial charge in [-0.25, -0.2) is 17.6 Å². The number of hydrogen-bond donors (Lipinski definition) is 1. The summed E-state index contributed by atoms with van der Waals surface area (Å²) in [4.78, 5) is 15.2. The zero-order valence-electron chi connectivity index (χ0n) is 15.1. The van der Waals surface area contributed by atoms with Crippen LogP contribution >= 0.6 is 0 Å². The topological polar surface area (TPSA) is 68.0 Å². The second kappa shape index (κ2) is 8.47. The van der Waals surface area contributed by atoms with E-state index in [4.69, 9.17) is 0 Å². The number of aromatic hydroxyl groups is 1. The van der Waals surface area contributed by atoms with Gasteiger partial charge >= 0.3 is 6.18 Å². The van der Waals surface area contributed by atoms with Crippen LogP contribution in [0.4, 0.5) is 39.5 Å². The van der Waals surface area contributed by atoms with Gasteiger partial charge < -0.3 is 5.11 Å². The van der Waals surface area contributed by atoms with Gasteiger partial charge in [-0.3, -0.25) is 4.79 Å². The Labute approximate surface area is 182 Å². The summed E-state index contributed by atoms with van der Waals surface area (Å²) < 4.78 is 121. The van der Waals surface area contributed by atoms with Crippen LogP contribution in [-0.4, -0.2) is 25.7 Å². The van der Waals surface area contributed by atoms with E-state index in [9.17, 15) is 49.4 Å². The third-order valence-electron chi connectivity index (χ3n) is 4.02. The second-order valence-corrected chi connectivity index (χ2v) is 6.00. The van der Waals surface area contributed by atoms with Gasteiger partial charge in [0.05, 0.1) is 5.69 Å². The van der Waals surface area contributed by atoms with Gasteiger partial charge in [0.25, 0.3) is 0 Å². The molecule has 0 bridgehead atoms. The Kier molecular flexibility index (Phi) is 6.67. The molecule has 0 aliphatic carbocycles. The number of rotatable bonds is 3. The molecule has 0 saturated heterocycles. The number of ketones is 1. The molecule has 1 radical (unpaired) electrons. The Bertz CT molecular complexity index is 1190. The van der Waals surface area contributed by atoms with Crippen LogP contribution in [-0.2, 0) is 23.2 Å². The number of alkyl halides is 3. The van der Waals surface area contributed by atoms with E-state index in [1.54, 1.807) is 0 Å². The van der Waals surface area contributed by atoms with Crippen molar-refractivity contribution in [2.45, 2.75) is 13.1 Å². The van der Waals surface area contributed by atoms with Crippen molar-refractivity contribution >= 4 is 5.78 Å². The Morgan fingerprint density at radius 1 is 0.938 bits per heavy atom. The molecule has 175 valence electrons. The molecular formula is C17H6CuF9N3O2. The third-order valence-corrected chi connectivity index (χ3v) is 4.02.